The summed E-state index contributed by atoms with van der Waals surface area (Å²) in [7, 11) is 1.96. The van der Waals surface area contributed by atoms with E-state index in [1.807, 2.05) is 42.3 Å². The molecule has 3 aromatic heterocycles. The van der Waals surface area contributed by atoms with Crippen LogP contribution in [0, 0.1) is 0 Å². The van der Waals surface area contributed by atoms with Crippen molar-refractivity contribution in [2.45, 2.75) is 35.2 Å². The number of nitrogens with zero attached hydrogens (tertiary/aromatic N) is 6. The molecule has 0 saturated carbocycles. The minimum atomic E-state index is -0.0782. The summed E-state index contributed by atoms with van der Waals surface area (Å²) in [6.07, 6.45) is 5.62. The van der Waals surface area contributed by atoms with Gasteiger partial charge in [0.15, 0.2) is 5.65 Å². The van der Waals surface area contributed by atoms with E-state index < -0.39 is 0 Å². The van der Waals surface area contributed by atoms with Gasteiger partial charge in [0.05, 0.1) is 17.9 Å². The molecule has 0 radical (unpaired) electrons. The average Bonchev–Trinajstić information content (AvgIpc) is 3.10. The number of hydrogen-bond acceptors (Lipinski definition) is 7. The molecule has 1 aliphatic rings. The van der Waals surface area contributed by atoms with Gasteiger partial charge in [0.1, 0.15) is 16.4 Å². The fourth-order valence-corrected chi connectivity index (χ4v) is 4.71. The number of pyridine rings is 1. The highest BCUT2D eigenvalue weighted by atomic mass is 32.2. The molecule has 0 amide bonds. The van der Waals surface area contributed by atoms with Gasteiger partial charge in [0.25, 0.3) is 0 Å². The first-order valence-corrected chi connectivity index (χ1v) is 10.6. The van der Waals surface area contributed by atoms with Crippen LogP contribution in [0.1, 0.15) is 19.8 Å². The third-order valence-corrected chi connectivity index (χ3v) is 6.52. The molecule has 1 aliphatic heterocycles. The molecule has 2 N–H and O–H groups in total. The van der Waals surface area contributed by atoms with E-state index in [-0.39, 0.29) is 5.54 Å². The van der Waals surface area contributed by atoms with Crippen LogP contribution in [0.2, 0.25) is 0 Å². The zero-order valence-corrected chi connectivity index (χ0v) is 17.4. The van der Waals surface area contributed by atoms with Crippen molar-refractivity contribution in [3.8, 4) is 0 Å². The Morgan fingerprint density at radius 2 is 1.90 bits per heavy atom. The molecule has 8 heteroatoms. The van der Waals surface area contributed by atoms with E-state index >= 15 is 0 Å². The van der Waals surface area contributed by atoms with Gasteiger partial charge in [-0.1, -0.05) is 23.9 Å². The topological polar surface area (TPSA) is 85.8 Å². The van der Waals surface area contributed by atoms with Gasteiger partial charge in [-0.25, -0.2) is 15.0 Å². The summed E-state index contributed by atoms with van der Waals surface area (Å²) in [6.45, 7) is 3.93. The van der Waals surface area contributed by atoms with Crippen molar-refractivity contribution < 1.29 is 0 Å². The van der Waals surface area contributed by atoms with Crippen LogP contribution in [-0.2, 0) is 7.05 Å². The van der Waals surface area contributed by atoms with Crippen LogP contribution in [0.15, 0.2) is 52.6 Å². The number of aryl methyl sites for hydroxylation is 1. The van der Waals surface area contributed by atoms with Crippen molar-refractivity contribution in [3.63, 3.8) is 0 Å². The highest BCUT2D eigenvalue weighted by Gasteiger charge is 2.26. The second-order valence-electron chi connectivity index (χ2n) is 7.93. The highest BCUT2D eigenvalue weighted by molar-refractivity contribution is 7.99. The van der Waals surface area contributed by atoms with Gasteiger partial charge in [-0.05, 0) is 38.0 Å². The third-order valence-electron chi connectivity index (χ3n) is 5.53. The fraction of sp³-hybridized carbons (Fsp3) is 0.333. The van der Waals surface area contributed by atoms with Crippen molar-refractivity contribution in [3.05, 3.63) is 42.7 Å². The van der Waals surface area contributed by atoms with Crippen LogP contribution in [0.5, 0.6) is 0 Å². The lowest BCUT2D eigenvalue weighted by molar-refractivity contribution is 0.363. The lowest BCUT2D eigenvalue weighted by atomic mass is 9.91. The average molecular weight is 406 g/mol. The number of rotatable bonds is 3. The Hall–Kier alpha value is -2.71. The Bertz CT molecular complexity index is 1190. The van der Waals surface area contributed by atoms with Crippen molar-refractivity contribution >= 4 is 39.6 Å². The van der Waals surface area contributed by atoms with Gasteiger partial charge < -0.3 is 10.6 Å². The molecule has 4 aromatic rings. The standard InChI is InChI=1S/C21H23N7S/c1-21(22)8-10-28(11-9-21)17-13-23-20-15(25-17)6-7-18(26-20)29-16-5-3-4-14-12-24-27(2)19(14)16/h3-7,12-13H,8-11,22H2,1-2H3. The Morgan fingerprint density at radius 1 is 1.07 bits per heavy atom. The molecule has 1 saturated heterocycles. The van der Waals surface area contributed by atoms with Crippen LogP contribution < -0.4 is 10.6 Å². The zero-order valence-electron chi connectivity index (χ0n) is 16.5. The lowest BCUT2D eigenvalue weighted by Crippen LogP contribution is -2.48. The molecule has 0 spiro atoms. The van der Waals surface area contributed by atoms with Crippen molar-refractivity contribution in [1.29, 1.82) is 0 Å². The second-order valence-corrected chi connectivity index (χ2v) is 8.99. The van der Waals surface area contributed by atoms with Crippen molar-refractivity contribution in [2.24, 2.45) is 12.8 Å². The third kappa shape index (κ3) is 3.54. The predicted molar refractivity (Wildman–Crippen MR) is 116 cm³/mol. The van der Waals surface area contributed by atoms with Crippen LogP contribution in [-0.4, -0.2) is 43.4 Å². The molecule has 29 heavy (non-hydrogen) atoms. The molecule has 7 nitrogen and oxygen atoms in total. The molecular formula is C21H23N7S. The summed E-state index contributed by atoms with van der Waals surface area (Å²) in [4.78, 5) is 17.5. The van der Waals surface area contributed by atoms with Gasteiger partial charge in [-0.2, -0.15) is 5.10 Å². The molecule has 0 bridgehead atoms. The number of anilines is 1. The Balaban J connectivity index is 1.42. The molecule has 0 unspecified atom stereocenters. The molecule has 148 valence electrons. The van der Waals surface area contributed by atoms with Crippen molar-refractivity contribution in [2.75, 3.05) is 18.0 Å². The van der Waals surface area contributed by atoms with E-state index in [1.54, 1.807) is 11.8 Å². The van der Waals surface area contributed by atoms with Gasteiger partial charge in [-0.3, -0.25) is 4.68 Å². The molecule has 4 heterocycles. The minimum Gasteiger partial charge on any atom is -0.355 e. The van der Waals surface area contributed by atoms with Crippen LogP contribution in [0.3, 0.4) is 0 Å². The normalized spacial score (nSPS) is 16.6. The first-order chi connectivity index (χ1) is 14.0. The molecule has 0 atom stereocenters. The Labute approximate surface area is 173 Å². The summed E-state index contributed by atoms with van der Waals surface area (Å²) in [5.74, 6) is 0.898. The van der Waals surface area contributed by atoms with E-state index in [0.717, 1.165) is 58.1 Å². The number of fused-ring (bicyclic) bond motifs is 2. The highest BCUT2D eigenvalue weighted by Crippen LogP contribution is 2.33. The van der Waals surface area contributed by atoms with Gasteiger partial charge in [0, 0.05) is 36.0 Å². The first kappa shape index (κ1) is 18.3. The quantitative estimate of drug-likeness (QED) is 0.559. The van der Waals surface area contributed by atoms with Crippen molar-refractivity contribution in [1.82, 2.24) is 24.7 Å². The molecular weight excluding hydrogens is 382 g/mol. The monoisotopic (exact) mass is 405 g/mol. The molecule has 1 fully saturated rings. The summed E-state index contributed by atoms with van der Waals surface area (Å²) >= 11 is 1.62. The Kier molecular flexibility index (Phi) is 4.40. The maximum Gasteiger partial charge on any atom is 0.179 e. The summed E-state index contributed by atoms with van der Waals surface area (Å²) in [6, 6.07) is 10.2. The van der Waals surface area contributed by atoms with Crippen LogP contribution in [0.25, 0.3) is 22.1 Å². The van der Waals surface area contributed by atoms with E-state index in [1.165, 1.54) is 0 Å². The summed E-state index contributed by atoms with van der Waals surface area (Å²) in [5, 5.41) is 6.38. The SMILES string of the molecule is Cn1ncc2cccc(Sc3ccc4nc(N5CCC(C)(N)CC5)cnc4n3)c21. The second kappa shape index (κ2) is 6.96. The minimum absolute atomic E-state index is 0.0782. The fourth-order valence-electron chi connectivity index (χ4n) is 3.72. The summed E-state index contributed by atoms with van der Waals surface area (Å²) in [5.41, 5.74) is 8.75. The van der Waals surface area contributed by atoms with Gasteiger partial charge >= 0.3 is 0 Å². The maximum atomic E-state index is 6.25. The Morgan fingerprint density at radius 3 is 2.72 bits per heavy atom. The molecule has 5 rings (SSSR count). The number of aromatic nitrogens is 5. The van der Waals surface area contributed by atoms with E-state index in [0.29, 0.717) is 5.65 Å². The smallest absolute Gasteiger partial charge is 0.179 e. The van der Waals surface area contributed by atoms with Gasteiger partial charge in [0.2, 0.25) is 0 Å². The van der Waals surface area contributed by atoms with E-state index in [4.69, 9.17) is 15.7 Å². The maximum absolute atomic E-state index is 6.25. The summed E-state index contributed by atoms with van der Waals surface area (Å²) < 4.78 is 1.90. The molecule has 0 aliphatic carbocycles. The first-order valence-electron chi connectivity index (χ1n) is 9.75. The molecule has 1 aromatic carbocycles. The van der Waals surface area contributed by atoms with Crippen LogP contribution in [0.4, 0.5) is 5.82 Å². The zero-order chi connectivity index (χ0) is 20.0. The number of nitrogens with two attached hydrogens (primary N) is 1. The number of piperidine rings is 1. The number of benzene rings is 1. The number of para-hydroxylation sites is 1. The van der Waals surface area contributed by atoms with E-state index in [9.17, 15) is 0 Å². The number of hydrogen-bond donors (Lipinski definition) is 1. The lowest BCUT2D eigenvalue weighted by Gasteiger charge is -2.37. The largest absolute Gasteiger partial charge is 0.355 e. The predicted octanol–water partition coefficient (Wildman–Crippen LogP) is 3.38. The van der Waals surface area contributed by atoms with Gasteiger partial charge in [-0.15, -0.1) is 0 Å². The van der Waals surface area contributed by atoms with Crippen LogP contribution >= 0.6 is 11.8 Å². The van der Waals surface area contributed by atoms with E-state index in [2.05, 4.69) is 34.0 Å².